The number of carbonyl (C=O) groups excluding carboxylic acids is 1. The molecule has 1 aliphatic heterocycles. The molecular weight excluding hydrogens is 460 g/mol. The standard InChI is InChI=1S/C28H28N2O4S/c1-4-33-27(31)25-19(2)30(22-13-9-6-10-14-22)28(35)29-26(25)21-15-16-23(24(17-21)32-3)34-18-20-11-7-5-8-12-20/h5-17,26H,4,18H2,1-3H3,(H,29,35)/t26-/m0/s1. The molecule has 6 nitrogen and oxygen atoms in total. The van der Waals surface area contributed by atoms with E-state index in [1.807, 2.05) is 90.7 Å². The van der Waals surface area contributed by atoms with Gasteiger partial charge in [-0.05, 0) is 61.5 Å². The lowest BCUT2D eigenvalue weighted by molar-refractivity contribution is -0.139. The molecular formula is C28H28N2O4S. The molecule has 180 valence electrons. The predicted octanol–water partition coefficient (Wildman–Crippen LogP) is 5.55. The minimum Gasteiger partial charge on any atom is -0.493 e. The van der Waals surface area contributed by atoms with Gasteiger partial charge in [-0.2, -0.15) is 0 Å². The second kappa shape index (κ2) is 11.1. The van der Waals surface area contributed by atoms with Crippen LogP contribution < -0.4 is 19.7 Å². The number of esters is 1. The molecule has 0 bridgehead atoms. The maximum absolute atomic E-state index is 13.1. The highest BCUT2D eigenvalue weighted by Crippen LogP contribution is 2.37. The first-order valence-corrected chi connectivity index (χ1v) is 11.8. The second-order valence-corrected chi connectivity index (χ2v) is 8.34. The van der Waals surface area contributed by atoms with Crippen LogP contribution >= 0.6 is 12.2 Å². The first-order valence-electron chi connectivity index (χ1n) is 11.4. The molecule has 3 aromatic rings. The number of methoxy groups -OCH3 is 1. The van der Waals surface area contributed by atoms with Gasteiger partial charge >= 0.3 is 5.97 Å². The quantitative estimate of drug-likeness (QED) is 0.330. The third kappa shape index (κ3) is 5.30. The number of nitrogens with zero attached hydrogens (tertiary/aromatic N) is 1. The predicted molar refractivity (Wildman–Crippen MR) is 140 cm³/mol. The highest BCUT2D eigenvalue weighted by Gasteiger charge is 2.35. The Morgan fingerprint density at radius 1 is 1.00 bits per heavy atom. The van der Waals surface area contributed by atoms with Crippen LogP contribution in [0.25, 0.3) is 0 Å². The van der Waals surface area contributed by atoms with E-state index in [2.05, 4.69) is 5.32 Å². The smallest absolute Gasteiger partial charge is 0.338 e. The van der Waals surface area contributed by atoms with E-state index in [1.165, 1.54) is 0 Å². The molecule has 35 heavy (non-hydrogen) atoms. The molecule has 0 saturated heterocycles. The zero-order valence-electron chi connectivity index (χ0n) is 20.0. The average molecular weight is 489 g/mol. The molecule has 0 aliphatic carbocycles. The van der Waals surface area contributed by atoms with Gasteiger partial charge in [0.25, 0.3) is 0 Å². The summed E-state index contributed by atoms with van der Waals surface area (Å²) in [5.74, 6) is 0.787. The van der Waals surface area contributed by atoms with Crippen molar-refractivity contribution in [2.45, 2.75) is 26.5 Å². The van der Waals surface area contributed by atoms with Crippen molar-refractivity contribution in [1.82, 2.24) is 5.32 Å². The number of nitrogens with one attached hydrogen (secondary N) is 1. The number of para-hydroxylation sites is 1. The number of allylic oxidation sites excluding steroid dienone is 1. The van der Waals surface area contributed by atoms with Crippen molar-refractivity contribution in [3.05, 3.63) is 101 Å². The van der Waals surface area contributed by atoms with Crippen LogP contribution in [0.3, 0.4) is 0 Å². The van der Waals surface area contributed by atoms with Gasteiger partial charge in [0.2, 0.25) is 0 Å². The Morgan fingerprint density at radius 3 is 2.34 bits per heavy atom. The number of hydrogen-bond donors (Lipinski definition) is 1. The molecule has 0 amide bonds. The van der Waals surface area contributed by atoms with Gasteiger partial charge in [-0.25, -0.2) is 4.79 Å². The van der Waals surface area contributed by atoms with Crippen molar-refractivity contribution in [1.29, 1.82) is 0 Å². The van der Waals surface area contributed by atoms with Crippen LogP contribution in [0.2, 0.25) is 0 Å². The Balaban J connectivity index is 1.69. The van der Waals surface area contributed by atoms with Crippen molar-refractivity contribution in [3.8, 4) is 11.5 Å². The molecule has 0 fully saturated rings. The molecule has 0 aromatic heterocycles. The maximum Gasteiger partial charge on any atom is 0.338 e. The monoisotopic (exact) mass is 488 g/mol. The minimum atomic E-state index is -0.501. The Kier molecular flexibility index (Phi) is 7.67. The fourth-order valence-electron chi connectivity index (χ4n) is 4.07. The summed E-state index contributed by atoms with van der Waals surface area (Å²) in [6.07, 6.45) is 0. The van der Waals surface area contributed by atoms with Crippen LogP contribution in [0.4, 0.5) is 5.69 Å². The SMILES string of the molecule is CCOC(=O)C1=C(C)N(c2ccccc2)C(=S)N[C@H]1c1ccc(OCc2ccccc2)c(OC)c1. The van der Waals surface area contributed by atoms with Gasteiger partial charge in [0.15, 0.2) is 16.6 Å². The van der Waals surface area contributed by atoms with E-state index in [1.54, 1.807) is 14.0 Å². The zero-order chi connectivity index (χ0) is 24.8. The largest absolute Gasteiger partial charge is 0.493 e. The highest BCUT2D eigenvalue weighted by atomic mass is 32.1. The summed E-state index contributed by atoms with van der Waals surface area (Å²) in [6.45, 7) is 4.36. The van der Waals surface area contributed by atoms with Crippen molar-refractivity contribution in [3.63, 3.8) is 0 Å². The van der Waals surface area contributed by atoms with E-state index in [0.717, 1.165) is 16.8 Å². The Labute approximate surface area is 211 Å². The number of ether oxygens (including phenoxy) is 3. The van der Waals surface area contributed by atoms with E-state index < -0.39 is 12.0 Å². The van der Waals surface area contributed by atoms with Crippen molar-refractivity contribution < 1.29 is 19.0 Å². The Bertz CT molecular complexity index is 1230. The Morgan fingerprint density at radius 2 is 1.69 bits per heavy atom. The third-order valence-electron chi connectivity index (χ3n) is 5.75. The van der Waals surface area contributed by atoms with Gasteiger partial charge in [0.1, 0.15) is 6.61 Å². The first kappa shape index (κ1) is 24.3. The van der Waals surface area contributed by atoms with Crippen LogP contribution in [0.15, 0.2) is 90.1 Å². The van der Waals surface area contributed by atoms with Crippen molar-refractivity contribution in [2.24, 2.45) is 0 Å². The number of thiocarbonyl (C=S) groups is 1. The van der Waals surface area contributed by atoms with Gasteiger partial charge in [0, 0.05) is 11.4 Å². The maximum atomic E-state index is 13.1. The molecule has 7 heteroatoms. The number of benzene rings is 3. The van der Waals surface area contributed by atoms with Crippen LogP contribution in [0.5, 0.6) is 11.5 Å². The lowest BCUT2D eigenvalue weighted by atomic mass is 9.94. The zero-order valence-corrected chi connectivity index (χ0v) is 20.8. The Hall–Kier alpha value is -3.84. The molecule has 1 heterocycles. The summed E-state index contributed by atoms with van der Waals surface area (Å²) in [6, 6.07) is 24.7. The van der Waals surface area contributed by atoms with Gasteiger partial charge in [-0.3, -0.25) is 4.90 Å². The number of carbonyl (C=O) groups is 1. The first-order chi connectivity index (χ1) is 17.0. The van der Waals surface area contributed by atoms with Crippen molar-refractivity contribution in [2.75, 3.05) is 18.6 Å². The van der Waals surface area contributed by atoms with E-state index >= 15 is 0 Å². The topological polar surface area (TPSA) is 60.0 Å². The van der Waals surface area contributed by atoms with Crippen LogP contribution in [-0.2, 0) is 16.1 Å². The lowest BCUT2D eigenvalue weighted by Gasteiger charge is -2.37. The molecule has 4 rings (SSSR count). The molecule has 3 aromatic carbocycles. The fourth-order valence-corrected chi connectivity index (χ4v) is 4.43. The summed E-state index contributed by atoms with van der Waals surface area (Å²) in [4.78, 5) is 15.0. The summed E-state index contributed by atoms with van der Waals surface area (Å²) in [5, 5.41) is 3.83. The van der Waals surface area contributed by atoms with Gasteiger partial charge in [0.05, 0.1) is 25.3 Å². The lowest BCUT2D eigenvalue weighted by Crippen LogP contribution is -2.48. The average Bonchev–Trinajstić information content (AvgIpc) is 2.88. The van der Waals surface area contributed by atoms with E-state index in [0.29, 0.717) is 34.5 Å². The third-order valence-corrected chi connectivity index (χ3v) is 6.05. The summed E-state index contributed by atoms with van der Waals surface area (Å²) in [7, 11) is 1.60. The molecule has 0 radical (unpaired) electrons. The van der Waals surface area contributed by atoms with Gasteiger partial charge in [-0.15, -0.1) is 0 Å². The minimum absolute atomic E-state index is 0.272. The van der Waals surface area contributed by atoms with Crippen LogP contribution in [0.1, 0.15) is 31.0 Å². The molecule has 1 aliphatic rings. The number of rotatable bonds is 8. The van der Waals surface area contributed by atoms with E-state index in [9.17, 15) is 4.79 Å². The summed E-state index contributed by atoms with van der Waals surface area (Å²) >= 11 is 5.72. The van der Waals surface area contributed by atoms with Gasteiger partial charge in [-0.1, -0.05) is 54.6 Å². The van der Waals surface area contributed by atoms with Crippen LogP contribution in [-0.4, -0.2) is 24.8 Å². The number of anilines is 1. The fraction of sp³-hybridized carbons (Fsp3) is 0.214. The summed E-state index contributed by atoms with van der Waals surface area (Å²) in [5.41, 5.74) is 3.94. The second-order valence-electron chi connectivity index (χ2n) is 7.96. The van der Waals surface area contributed by atoms with E-state index in [-0.39, 0.29) is 6.61 Å². The summed E-state index contributed by atoms with van der Waals surface area (Å²) < 4.78 is 17.1. The van der Waals surface area contributed by atoms with E-state index in [4.69, 9.17) is 26.4 Å². The van der Waals surface area contributed by atoms with Crippen molar-refractivity contribution >= 4 is 29.0 Å². The van der Waals surface area contributed by atoms with Gasteiger partial charge < -0.3 is 19.5 Å². The molecule has 1 N–H and O–H groups in total. The highest BCUT2D eigenvalue weighted by molar-refractivity contribution is 7.80. The molecule has 0 saturated carbocycles. The molecule has 0 unspecified atom stereocenters. The molecule has 0 spiro atoms. The van der Waals surface area contributed by atoms with Crippen LogP contribution in [0, 0.1) is 0 Å². The molecule has 1 atom stereocenters. The number of hydrogen-bond acceptors (Lipinski definition) is 5. The normalized spacial score (nSPS) is 15.5.